The van der Waals surface area contributed by atoms with Crippen molar-refractivity contribution in [2.45, 2.75) is 64.3 Å². The maximum atomic E-state index is 12.6. The normalized spacial score (nSPS) is 17.8. The molecule has 0 saturated heterocycles. The van der Waals surface area contributed by atoms with Gasteiger partial charge in [0.2, 0.25) is 0 Å². The number of nitrogens with zero attached hydrogens (tertiary/aromatic N) is 3. The second-order valence-electron chi connectivity index (χ2n) is 9.95. The lowest BCUT2D eigenvalue weighted by Crippen LogP contribution is -2.37. The van der Waals surface area contributed by atoms with E-state index < -0.39 is 0 Å². The van der Waals surface area contributed by atoms with Gasteiger partial charge in [-0.1, -0.05) is 37.1 Å². The monoisotopic (exact) mass is 472 g/mol. The number of hydrogen-bond acceptors (Lipinski definition) is 5. The van der Waals surface area contributed by atoms with Crippen LogP contribution in [-0.2, 0) is 6.42 Å². The molecule has 0 atom stereocenters. The van der Waals surface area contributed by atoms with E-state index in [1.165, 1.54) is 19.8 Å². The van der Waals surface area contributed by atoms with Crippen LogP contribution < -0.4 is 10.2 Å². The lowest BCUT2D eigenvalue weighted by molar-refractivity contribution is 0.0921. The van der Waals surface area contributed by atoms with Crippen molar-refractivity contribution in [1.29, 1.82) is 0 Å². The molecule has 1 saturated carbocycles. The molecule has 3 aromatic rings. The number of fused-ring (bicyclic) bond motifs is 1. The molecule has 6 nitrogen and oxygen atoms in total. The van der Waals surface area contributed by atoms with E-state index in [9.17, 15) is 9.59 Å². The summed E-state index contributed by atoms with van der Waals surface area (Å²) in [5.41, 5.74) is 2.15. The van der Waals surface area contributed by atoms with Crippen molar-refractivity contribution in [3.05, 3.63) is 65.5 Å². The van der Waals surface area contributed by atoms with Crippen molar-refractivity contribution < 1.29 is 9.59 Å². The molecule has 1 N–H and O–H groups in total. The quantitative estimate of drug-likeness (QED) is 0.324. The second-order valence-corrected chi connectivity index (χ2v) is 9.95. The number of amides is 1. The van der Waals surface area contributed by atoms with Gasteiger partial charge in [-0.25, -0.2) is 9.97 Å². The van der Waals surface area contributed by atoms with Gasteiger partial charge >= 0.3 is 0 Å². The molecule has 2 aromatic carbocycles. The lowest BCUT2D eigenvalue weighted by Gasteiger charge is -2.29. The molecule has 0 aliphatic heterocycles. The Morgan fingerprint density at radius 2 is 1.69 bits per heavy atom. The molecule has 1 aliphatic rings. The molecule has 0 bridgehead atoms. The summed E-state index contributed by atoms with van der Waals surface area (Å²) < 4.78 is 0. The van der Waals surface area contributed by atoms with E-state index in [1.807, 2.05) is 26.2 Å². The average molecular weight is 473 g/mol. The minimum absolute atomic E-state index is 0.0227. The van der Waals surface area contributed by atoms with Gasteiger partial charge in [0.15, 0.2) is 5.78 Å². The Hall–Kier alpha value is -3.28. The van der Waals surface area contributed by atoms with Gasteiger partial charge in [-0.3, -0.25) is 9.59 Å². The minimum Gasteiger partial charge on any atom is -0.362 e. The van der Waals surface area contributed by atoms with Gasteiger partial charge in [-0.05, 0) is 69.2 Å². The molecular weight excluding hydrogens is 436 g/mol. The fourth-order valence-electron chi connectivity index (χ4n) is 5.02. The fraction of sp³-hybridized carbons (Fsp3) is 0.448. The highest BCUT2D eigenvalue weighted by atomic mass is 16.1. The highest BCUT2D eigenvalue weighted by Crippen LogP contribution is 2.29. The summed E-state index contributed by atoms with van der Waals surface area (Å²) in [6, 6.07) is 15.4. The number of rotatable bonds is 9. The zero-order valence-corrected chi connectivity index (χ0v) is 21.1. The second kappa shape index (κ2) is 11.4. The number of para-hydroxylation sites is 1. The number of benzene rings is 2. The van der Waals surface area contributed by atoms with E-state index in [1.54, 1.807) is 24.3 Å². The van der Waals surface area contributed by atoms with Gasteiger partial charge in [-0.15, -0.1) is 0 Å². The molecule has 1 aliphatic carbocycles. The zero-order chi connectivity index (χ0) is 24.8. The van der Waals surface area contributed by atoms with E-state index in [4.69, 9.17) is 9.97 Å². The van der Waals surface area contributed by atoms with Crippen molar-refractivity contribution in [3.8, 4) is 0 Å². The van der Waals surface area contributed by atoms with Crippen molar-refractivity contribution in [1.82, 2.24) is 15.3 Å². The number of carbonyl (C=O) groups is 2. The molecule has 0 unspecified atom stereocenters. The van der Waals surface area contributed by atoms with Gasteiger partial charge in [0.25, 0.3) is 5.91 Å². The van der Waals surface area contributed by atoms with Crippen molar-refractivity contribution in [2.75, 3.05) is 19.0 Å². The third kappa shape index (κ3) is 6.44. The third-order valence-electron chi connectivity index (χ3n) is 7.03. The van der Waals surface area contributed by atoms with E-state index >= 15 is 0 Å². The zero-order valence-electron chi connectivity index (χ0n) is 21.1. The highest BCUT2D eigenvalue weighted by Gasteiger charge is 2.23. The summed E-state index contributed by atoms with van der Waals surface area (Å²) >= 11 is 0. The van der Waals surface area contributed by atoms with Crippen LogP contribution in [0.15, 0.2) is 48.5 Å². The predicted octanol–water partition coefficient (Wildman–Crippen LogP) is 5.60. The van der Waals surface area contributed by atoms with Crippen molar-refractivity contribution in [2.24, 2.45) is 5.92 Å². The Labute approximate surface area is 208 Å². The Morgan fingerprint density at radius 3 is 2.43 bits per heavy atom. The maximum absolute atomic E-state index is 12.6. The van der Waals surface area contributed by atoms with Crippen LogP contribution in [0.5, 0.6) is 0 Å². The molecule has 6 heteroatoms. The van der Waals surface area contributed by atoms with Crippen LogP contribution in [0.1, 0.15) is 78.4 Å². The summed E-state index contributed by atoms with van der Waals surface area (Å²) in [6.45, 7) is 1.52. The number of nitrogens with one attached hydrogen (secondary N) is 1. The van der Waals surface area contributed by atoms with Gasteiger partial charge < -0.3 is 10.2 Å². The molecule has 1 aromatic heterocycles. The third-order valence-corrected chi connectivity index (χ3v) is 7.03. The first-order valence-corrected chi connectivity index (χ1v) is 12.8. The molecule has 35 heavy (non-hydrogen) atoms. The Balaban J connectivity index is 1.21. The first kappa shape index (κ1) is 24.8. The fourth-order valence-corrected chi connectivity index (χ4v) is 5.02. The number of carbonyl (C=O) groups excluding carboxylic acids is 2. The molecule has 1 amide bonds. The summed E-state index contributed by atoms with van der Waals surface area (Å²) in [5, 5.41) is 4.26. The SMILES string of the molecule is CC(=O)c1cccc(C(=O)NC2CCC(CCCCc3nc(N(C)C)c4ccccc4n3)CC2)c1. The van der Waals surface area contributed by atoms with Crippen molar-refractivity contribution in [3.63, 3.8) is 0 Å². The number of ketones is 1. The van der Waals surface area contributed by atoms with Crippen LogP contribution in [-0.4, -0.2) is 41.8 Å². The van der Waals surface area contributed by atoms with E-state index in [2.05, 4.69) is 22.3 Å². The standard InChI is InChI=1S/C29H36N4O2/c1-20(34)22-10-8-11-23(19-22)29(35)30-24-17-15-21(16-18-24)9-4-7-14-27-31-26-13-6-5-12-25(26)28(32-27)33(2)3/h5-6,8,10-13,19,21,24H,4,7,9,14-18H2,1-3H3,(H,30,35). The minimum atomic E-state index is -0.0796. The van der Waals surface area contributed by atoms with Gasteiger partial charge in [0, 0.05) is 43.1 Å². The largest absolute Gasteiger partial charge is 0.362 e. The smallest absolute Gasteiger partial charge is 0.251 e. The van der Waals surface area contributed by atoms with E-state index in [0.29, 0.717) is 11.1 Å². The molecular formula is C29H36N4O2. The number of unbranched alkanes of at least 4 members (excludes halogenated alkanes) is 1. The first-order chi connectivity index (χ1) is 16.9. The number of hydrogen-bond donors (Lipinski definition) is 1. The molecule has 4 rings (SSSR count). The Morgan fingerprint density at radius 1 is 0.943 bits per heavy atom. The van der Waals surface area contributed by atoms with E-state index in [-0.39, 0.29) is 17.7 Å². The lowest BCUT2D eigenvalue weighted by atomic mass is 9.83. The molecule has 0 radical (unpaired) electrons. The van der Waals surface area contributed by atoms with Crippen LogP contribution in [0.2, 0.25) is 0 Å². The highest BCUT2D eigenvalue weighted by molar-refractivity contribution is 5.99. The summed E-state index contributed by atoms with van der Waals surface area (Å²) in [4.78, 5) is 35.9. The van der Waals surface area contributed by atoms with E-state index in [0.717, 1.165) is 67.0 Å². The number of anilines is 1. The number of aromatic nitrogens is 2. The first-order valence-electron chi connectivity index (χ1n) is 12.8. The Bertz CT molecular complexity index is 1180. The average Bonchev–Trinajstić information content (AvgIpc) is 2.87. The van der Waals surface area contributed by atoms with Gasteiger partial charge in [0.1, 0.15) is 11.6 Å². The van der Waals surface area contributed by atoms with Gasteiger partial charge in [-0.2, -0.15) is 0 Å². The summed E-state index contributed by atoms with van der Waals surface area (Å²) in [7, 11) is 4.06. The maximum Gasteiger partial charge on any atom is 0.251 e. The molecule has 184 valence electrons. The van der Waals surface area contributed by atoms with Crippen molar-refractivity contribution >= 4 is 28.4 Å². The van der Waals surface area contributed by atoms with Crippen LogP contribution in [0, 0.1) is 5.92 Å². The van der Waals surface area contributed by atoms with Gasteiger partial charge in [0.05, 0.1) is 5.52 Å². The number of Topliss-reactive ketones (excluding diaryl/α,β-unsaturated/α-hetero) is 1. The number of aryl methyl sites for hydroxylation is 1. The van der Waals surface area contributed by atoms with Crippen LogP contribution >= 0.6 is 0 Å². The molecule has 1 fully saturated rings. The summed E-state index contributed by atoms with van der Waals surface area (Å²) in [5.74, 6) is 2.53. The molecule has 0 spiro atoms. The van der Waals surface area contributed by atoms with Crippen LogP contribution in [0.3, 0.4) is 0 Å². The summed E-state index contributed by atoms with van der Waals surface area (Å²) in [6.07, 6.45) is 8.71. The van der Waals surface area contributed by atoms with Crippen LogP contribution in [0.25, 0.3) is 10.9 Å². The topological polar surface area (TPSA) is 75.2 Å². The molecule has 1 heterocycles. The predicted molar refractivity (Wildman–Crippen MR) is 141 cm³/mol. The Kier molecular flexibility index (Phi) is 8.11. The van der Waals surface area contributed by atoms with Crippen LogP contribution in [0.4, 0.5) is 5.82 Å².